The summed E-state index contributed by atoms with van der Waals surface area (Å²) in [7, 11) is 0. The summed E-state index contributed by atoms with van der Waals surface area (Å²) in [5.74, 6) is -1.40. The molecule has 4 heteroatoms. The number of nitrogens with zero attached hydrogens (tertiary/aromatic N) is 2. The molecular weight excluding hydrogens is 198 g/mol. The molecule has 0 atom stereocenters. The third-order valence-corrected chi connectivity index (χ3v) is 1.89. The molecule has 0 bridgehead atoms. The summed E-state index contributed by atoms with van der Waals surface area (Å²) in [5, 5.41) is 16.9. The van der Waals surface area contributed by atoms with Crippen molar-refractivity contribution >= 4 is 6.08 Å². The summed E-state index contributed by atoms with van der Waals surface area (Å²) in [5.41, 5.74) is -0.314. The van der Waals surface area contributed by atoms with Crippen molar-refractivity contribution in [3.63, 3.8) is 0 Å². The lowest BCUT2D eigenvalue weighted by molar-refractivity contribution is 0.566. The Morgan fingerprint density at radius 3 is 2.40 bits per heavy atom. The SMILES string of the molecule is Cc1c(F)ccc(C=C(C#N)C#N)c1F. The average molecular weight is 204 g/mol. The number of allylic oxidation sites excluding steroid dienone is 1. The summed E-state index contributed by atoms with van der Waals surface area (Å²) >= 11 is 0. The Labute approximate surface area is 85.7 Å². The molecule has 0 aliphatic heterocycles. The van der Waals surface area contributed by atoms with E-state index in [0.717, 1.165) is 12.1 Å². The topological polar surface area (TPSA) is 47.6 Å². The van der Waals surface area contributed by atoms with Crippen LogP contribution in [0.5, 0.6) is 0 Å². The summed E-state index contributed by atoms with van der Waals surface area (Å²) in [6, 6.07) is 5.48. The minimum Gasteiger partial charge on any atom is -0.207 e. The van der Waals surface area contributed by atoms with Crippen molar-refractivity contribution in [3.8, 4) is 12.1 Å². The van der Waals surface area contributed by atoms with E-state index in [1.165, 1.54) is 13.0 Å². The summed E-state index contributed by atoms with van der Waals surface area (Å²) < 4.78 is 26.3. The summed E-state index contributed by atoms with van der Waals surface area (Å²) in [6.45, 7) is 1.29. The van der Waals surface area contributed by atoms with Crippen LogP contribution in [-0.2, 0) is 0 Å². The van der Waals surface area contributed by atoms with Crippen LogP contribution in [0.2, 0.25) is 0 Å². The maximum Gasteiger partial charge on any atom is 0.136 e. The van der Waals surface area contributed by atoms with Gasteiger partial charge in [0.05, 0.1) is 0 Å². The van der Waals surface area contributed by atoms with Gasteiger partial charge in [-0.2, -0.15) is 10.5 Å². The zero-order valence-electron chi connectivity index (χ0n) is 7.88. The van der Waals surface area contributed by atoms with Crippen molar-refractivity contribution < 1.29 is 8.78 Å². The largest absolute Gasteiger partial charge is 0.207 e. The van der Waals surface area contributed by atoms with Crippen LogP contribution in [0.25, 0.3) is 6.08 Å². The third-order valence-electron chi connectivity index (χ3n) is 1.89. The predicted octanol–water partition coefficient (Wildman–Crippen LogP) is 2.70. The summed E-state index contributed by atoms with van der Waals surface area (Å²) in [6.07, 6.45) is 1.09. The second-order valence-corrected chi connectivity index (χ2v) is 2.86. The Hall–Kier alpha value is -2.20. The molecule has 15 heavy (non-hydrogen) atoms. The van der Waals surface area contributed by atoms with Gasteiger partial charge >= 0.3 is 0 Å². The average Bonchev–Trinajstić information content (AvgIpc) is 2.25. The molecule has 0 spiro atoms. The molecule has 0 unspecified atom stereocenters. The van der Waals surface area contributed by atoms with Crippen molar-refractivity contribution in [1.82, 2.24) is 0 Å². The quantitative estimate of drug-likeness (QED) is 0.660. The van der Waals surface area contributed by atoms with Gasteiger partial charge < -0.3 is 0 Å². The molecule has 74 valence electrons. The second kappa shape index (κ2) is 4.34. The number of rotatable bonds is 1. The van der Waals surface area contributed by atoms with Crippen LogP contribution >= 0.6 is 0 Å². The van der Waals surface area contributed by atoms with Gasteiger partial charge in [0, 0.05) is 11.1 Å². The van der Waals surface area contributed by atoms with E-state index < -0.39 is 11.6 Å². The van der Waals surface area contributed by atoms with Crippen molar-refractivity contribution in [3.05, 3.63) is 40.5 Å². The Balaban J connectivity index is 3.32. The monoisotopic (exact) mass is 204 g/mol. The van der Waals surface area contributed by atoms with Crippen molar-refractivity contribution in [2.75, 3.05) is 0 Å². The third kappa shape index (κ3) is 2.18. The van der Waals surface area contributed by atoms with Crippen LogP contribution in [-0.4, -0.2) is 0 Å². The van der Waals surface area contributed by atoms with Gasteiger partial charge in [0.2, 0.25) is 0 Å². The molecule has 1 aromatic rings. The van der Waals surface area contributed by atoms with E-state index in [-0.39, 0.29) is 16.7 Å². The highest BCUT2D eigenvalue weighted by Crippen LogP contribution is 2.18. The molecule has 0 fully saturated rings. The van der Waals surface area contributed by atoms with Gasteiger partial charge in [-0.3, -0.25) is 0 Å². The van der Waals surface area contributed by atoms with E-state index >= 15 is 0 Å². The molecule has 1 aromatic carbocycles. The smallest absolute Gasteiger partial charge is 0.136 e. The number of hydrogen-bond acceptors (Lipinski definition) is 2. The Bertz CT molecular complexity index is 489. The van der Waals surface area contributed by atoms with E-state index in [1.54, 1.807) is 12.1 Å². The number of hydrogen-bond donors (Lipinski definition) is 0. The molecule has 0 radical (unpaired) electrons. The first-order valence-corrected chi connectivity index (χ1v) is 4.06. The molecule has 0 saturated heterocycles. The number of nitriles is 2. The molecule has 0 heterocycles. The van der Waals surface area contributed by atoms with Gasteiger partial charge in [-0.1, -0.05) is 0 Å². The van der Waals surface area contributed by atoms with Gasteiger partial charge in [0.1, 0.15) is 29.3 Å². The Kier molecular flexibility index (Phi) is 3.15. The first-order valence-electron chi connectivity index (χ1n) is 4.06. The predicted molar refractivity (Wildman–Crippen MR) is 50.3 cm³/mol. The van der Waals surface area contributed by atoms with Crippen LogP contribution in [0.1, 0.15) is 11.1 Å². The minimum atomic E-state index is -0.752. The van der Waals surface area contributed by atoms with Crippen molar-refractivity contribution in [2.45, 2.75) is 6.92 Å². The van der Waals surface area contributed by atoms with E-state index in [0.29, 0.717) is 0 Å². The normalized spacial score (nSPS) is 8.87. The van der Waals surface area contributed by atoms with Crippen LogP contribution in [0.3, 0.4) is 0 Å². The van der Waals surface area contributed by atoms with E-state index in [2.05, 4.69) is 0 Å². The zero-order chi connectivity index (χ0) is 11.4. The van der Waals surface area contributed by atoms with Gasteiger partial charge in [0.15, 0.2) is 0 Å². The minimum absolute atomic E-state index is 0.0343. The standard InChI is InChI=1S/C11H6F2N2/c1-7-10(12)3-2-9(11(7)13)4-8(5-14)6-15/h2-4H,1H3. The molecule has 0 aromatic heterocycles. The fraction of sp³-hybridized carbons (Fsp3) is 0.0909. The van der Waals surface area contributed by atoms with Crippen molar-refractivity contribution in [1.29, 1.82) is 10.5 Å². The molecule has 0 aliphatic rings. The van der Waals surface area contributed by atoms with Crippen LogP contribution in [0.4, 0.5) is 8.78 Å². The first-order chi connectivity index (χ1) is 7.10. The highest BCUT2D eigenvalue weighted by molar-refractivity contribution is 5.62. The van der Waals surface area contributed by atoms with E-state index in [9.17, 15) is 8.78 Å². The molecule has 2 nitrogen and oxygen atoms in total. The van der Waals surface area contributed by atoms with E-state index in [4.69, 9.17) is 10.5 Å². The van der Waals surface area contributed by atoms with Gasteiger partial charge in [0.25, 0.3) is 0 Å². The highest BCUT2D eigenvalue weighted by Gasteiger charge is 2.08. The lowest BCUT2D eigenvalue weighted by Gasteiger charge is -2.01. The van der Waals surface area contributed by atoms with Crippen molar-refractivity contribution in [2.24, 2.45) is 0 Å². The lowest BCUT2D eigenvalue weighted by atomic mass is 10.1. The zero-order valence-corrected chi connectivity index (χ0v) is 7.88. The van der Waals surface area contributed by atoms with E-state index in [1.807, 2.05) is 0 Å². The first kappa shape index (κ1) is 10.9. The highest BCUT2D eigenvalue weighted by atomic mass is 19.1. The van der Waals surface area contributed by atoms with Crippen LogP contribution < -0.4 is 0 Å². The summed E-state index contributed by atoms with van der Waals surface area (Å²) in [4.78, 5) is 0. The molecule has 0 saturated carbocycles. The fourth-order valence-corrected chi connectivity index (χ4v) is 1.04. The fourth-order valence-electron chi connectivity index (χ4n) is 1.04. The maximum atomic E-state index is 13.4. The number of halogens is 2. The van der Waals surface area contributed by atoms with Crippen LogP contribution in [0, 0.1) is 41.2 Å². The maximum absolute atomic E-state index is 13.4. The lowest BCUT2D eigenvalue weighted by Crippen LogP contribution is -1.92. The van der Waals surface area contributed by atoms with Gasteiger partial charge in [-0.25, -0.2) is 8.78 Å². The molecular formula is C11H6F2N2. The molecule has 1 rings (SSSR count). The molecule has 0 aliphatic carbocycles. The number of benzene rings is 1. The van der Waals surface area contributed by atoms with Gasteiger partial charge in [-0.05, 0) is 25.1 Å². The Morgan fingerprint density at radius 2 is 1.87 bits per heavy atom. The van der Waals surface area contributed by atoms with Crippen LogP contribution in [0.15, 0.2) is 17.7 Å². The van der Waals surface area contributed by atoms with Gasteiger partial charge in [-0.15, -0.1) is 0 Å². The molecule has 0 amide bonds. The Morgan fingerprint density at radius 1 is 1.27 bits per heavy atom. The second-order valence-electron chi connectivity index (χ2n) is 2.86. The molecule has 0 N–H and O–H groups in total.